The minimum atomic E-state index is -0.819. The lowest BCUT2D eigenvalue weighted by Crippen LogP contribution is -2.39. The van der Waals surface area contributed by atoms with Gasteiger partial charge in [-0.25, -0.2) is 9.91 Å². The molecule has 126 valence electrons. The average molecular weight is 336 g/mol. The van der Waals surface area contributed by atoms with Crippen LogP contribution >= 0.6 is 0 Å². The molecule has 1 saturated heterocycles. The van der Waals surface area contributed by atoms with E-state index in [2.05, 4.69) is 10.3 Å². The van der Waals surface area contributed by atoms with Crippen molar-refractivity contribution in [3.8, 4) is 5.75 Å². The van der Waals surface area contributed by atoms with Gasteiger partial charge in [0, 0.05) is 6.07 Å². The van der Waals surface area contributed by atoms with E-state index < -0.39 is 12.1 Å². The largest absolute Gasteiger partial charge is 0.497 e. The van der Waals surface area contributed by atoms with Crippen molar-refractivity contribution >= 4 is 23.2 Å². The van der Waals surface area contributed by atoms with Crippen molar-refractivity contribution < 1.29 is 14.3 Å². The van der Waals surface area contributed by atoms with E-state index in [1.54, 1.807) is 43.5 Å². The van der Waals surface area contributed by atoms with Gasteiger partial charge in [0.25, 0.3) is 11.8 Å². The standard InChI is InChI=1S/C18H16N4O3/c1-11-6-8-12(9-7-11)21-17(23)15-16(18(21)24)22(20-19-15)13-4-3-5-14(10-13)25-2/h3-10,15-16H,1-2H3. The number of anilines is 2. The molecule has 7 nitrogen and oxygen atoms in total. The third kappa shape index (κ3) is 2.36. The third-order valence-corrected chi connectivity index (χ3v) is 4.39. The highest BCUT2D eigenvalue weighted by Gasteiger charge is 2.55. The smallest absolute Gasteiger partial charge is 0.263 e. The van der Waals surface area contributed by atoms with E-state index in [0.717, 1.165) is 5.56 Å². The molecule has 0 bridgehead atoms. The monoisotopic (exact) mass is 336 g/mol. The van der Waals surface area contributed by atoms with Gasteiger partial charge >= 0.3 is 0 Å². The van der Waals surface area contributed by atoms with E-state index in [1.807, 2.05) is 19.1 Å². The molecule has 2 aliphatic rings. The summed E-state index contributed by atoms with van der Waals surface area (Å²) in [6.07, 6.45) is 0. The molecule has 0 radical (unpaired) electrons. The van der Waals surface area contributed by atoms with Crippen LogP contribution in [0.25, 0.3) is 0 Å². The van der Waals surface area contributed by atoms with Gasteiger partial charge in [0.15, 0.2) is 12.1 Å². The molecule has 4 rings (SSSR count). The molecule has 2 unspecified atom stereocenters. The van der Waals surface area contributed by atoms with Crippen molar-refractivity contribution in [2.45, 2.75) is 19.0 Å². The second-order valence-corrected chi connectivity index (χ2v) is 5.99. The van der Waals surface area contributed by atoms with Crippen molar-refractivity contribution in [2.24, 2.45) is 10.3 Å². The second-order valence-electron chi connectivity index (χ2n) is 5.99. The molecule has 0 aliphatic carbocycles. The number of amides is 2. The van der Waals surface area contributed by atoms with Crippen LogP contribution in [-0.4, -0.2) is 31.0 Å². The Morgan fingerprint density at radius 2 is 1.76 bits per heavy atom. The fraction of sp³-hybridized carbons (Fsp3) is 0.222. The van der Waals surface area contributed by atoms with Crippen LogP contribution in [-0.2, 0) is 9.59 Å². The summed E-state index contributed by atoms with van der Waals surface area (Å²) in [4.78, 5) is 26.8. The first-order valence-electron chi connectivity index (χ1n) is 7.88. The maximum absolute atomic E-state index is 12.9. The number of carbonyl (C=O) groups is 2. The molecule has 2 aliphatic heterocycles. The average Bonchev–Trinajstić information content (AvgIpc) is 3.17. The second kappa shape index (κ2) is 5.70. The summed E-state index contributed by atoms with van der Waals surface area (Å²) in [5.41, 5.74) is 2.26. The van der Waals surface area contributed by atoms with Gasteiger partial charge in [-0.15, -0.1) is 0 Å². The highest BCUT2D eigenvalue weighted by Crippen LogP contribution is 2.35. The minimum absolute atomic E-state index is 0.327. The molecule has 0 spiro atoms. The molecule has 2 heterocycles. The Hall–Kier alpha value is -3.22. The fourth-order valence-corrected chi connectivity index (χ4v) is 3.07. The summed E-state index contributed by atoms with van der Waals surface area (Å²) >= 11 is 0. The topological polar surface area (TPSA) is 74.6 Å². The van der Waals surface area contributed by atoms with Gasteiger partial charge in [0.1, 0.15) is 5.75 Å². The zero-order chi connectivity index (χ0) is 17.6. The van der Waals surface area contributed by atoms with Crippen LogP contribution < -0.4 is 14.6 Å². The number of carbonyl (C=O) groups excluding carboxylic acids is 2. The quantitative estimate of drug-likeness (QED) is 0.807. The van der Waals surface area contributed by atoms with Crippen LogP contribution in [0.2, 0.25) is 0 Å². The Bertz CT molecular complexity index is 878. The number of imide groups is 1. The maximum Gasteiger partial charge on any atom is 0.263 e. The number of aryl methyl sites for hydroxylation is 1. The van der Waals surface area contributed by atoms with Gasteiger partial charge in [-0.2, -0.15) is 5.11 Å². The van der Waals surface area contributed by atoms with Gasteiger partial charge in [-0.3, -0.25) is 9.59 Å². The summed E-state index contributed by atoms with van der Waals surface area (Å²) in [5, 5.41) is 9.56. The number of benzene rings is 2. The van der Waals surface area contributed by atoms with Gasteiger partial charge in [0.2, 0.25) is 0 Å². The highest BCUT2D eigenvalue weighted by atomic mass is 16.5. The van der Waals surface area contributed by atoms with E-state index >= 15 is 0 Å². The lowest BCUT2D eigenvalue weighted by Gasteiger charge is -2.21. The Morgan fingerprint density at radius 3 is 2.48 bits per heavy atom. The first-order chi connectivity index (χ1) is 12.1. The molecule has 7 heteroatoms. The summed E-state index contributed by atoms with van der Waals surface area (Å²) in [6.45, 7) is 1.95. The Balaban J connectivity index is 1.69. The molecule has 2 aromatic carbocycles. The molecule has 0 N–H and O–H groups in total. The molecule has 25 heavy (non-hydrogen) atoms. The lowest BCUT2D eigenvalue weighted by atomic mass is 10.1. The molecular weight excluding hydrogens is 320 g/mol. The molecule has 2 atom stereocenters. The predicted octanol–water partition coefficient (Wildman–Crippen LogP) is 2.50. The van der Waals surface area contributed by atoms with Gasteiger partial charge < -0.3 is 4.74 Å². The van der Waals surface area contributed by atoms with Gasteiger partial charge in [-0.1, -0.05) is 29.0 Å². The van der Waals surface area contributed by atoms with Crippen molar-refractivity contribution in [1.82, 2.24) is 0 Å². The Morgan fingerprint density at radius 1 is 1.00 bits per heavy atom. The van der Waals surface area contributed by atoms with E-state index in [0.29, 0.717) is 17.1 Å². The van der Waals surface area contributed by atoms with Gasteiger partial charge in [-0.05, 0) is 31.2 Å². The maximum atomic E-state index is 12.9. The van der Waals surface area contributed by atoms with Crippen LogP contribution in [0.15, 0.2) is 58.9 Å². The van der Waals surface area contributed by atoms with Gasteiger partial charge in [0.05, 0.1) is 18.5 Å². The first kappa shape index (κ1) is 15.3. The number of methoxy groups -OCH3 is 1. The van der Waals surface area contributed by atoms with Crippen LogP contribution in [0.5, 0.6) is 5.75 Å². The van der Waals surface area contributed by atoms with Crippen LogP contribution in [0.3, 0.4) is 0 Å². The van der Waals surface area contributed by atoms with Crippen LogP contribution in [0.1, 0.15) is 5.56 Å². The van der Waals surface area contributed by atoms with E-state index in [1.165, 1.54) is 9.91 Å². The van der Waals surface area contributed by atoms with Crippen molar-refractivity contribution in [3.63, 3.8) is 0 Å². The number of hydrogen-bond donors (Lipinski definition) is 0. The van der Waals surface area contributed by atoms with Crippen molar-refractivity contribution in [2.75, 3.05) is 17.0 Å². The zero-order valence-corrected chi connectivity index (χ0v) is 13.8. The van der Waals surface area contributed by atoms with Crippen molar-refractivity contribution in [3.05, 3.63) is 54.1 Å². The predicted molar refractivity (Wildman–Crippen MR) is 91.6 cm³/mol. The summed E-state index contributed by atoms with van der Waals surface area (Å²) in [7, 11) is 1.57. The molecule has 0 saturated carbocycles. The lowest BCUT2D eigenvalue weighted by molar-refractivity contribution is -0.121. The number of nitrogens with zero attached hydrogens (tertiary/aromatic N) is 4. The summed E-state index contributed by atoms with van der Waals surface area (Å²) in [6, 6.07) is 12.8. The molecular formula is C18H16N4O3. The van der Waals surface area contributed by atoms with E-state index in [4.69, 9.17) is 4.74 Å². The number of hydrogen-bond acceptors (Lipinski definition) is 6. The van der Waals surface area contributed by atoms with E-state index in [-0.39, 0.29) is 11.8 Å². The fourth-order valence-electron chi connectivity index (χ4n) is 3.07. The normalized spacial score (nSPS) is 21.8. The summed E-state index contributed by atoms with van der Waals surface area (Å²) in [5.74, 6) is -0.0389. The Labute approximate surface area is 144 Å². The molecule has 0 aromatic heterocycles. The number of fused-ring (bicyclic) bond motifs is 1. The first-order valence-corrected chi connectivity index (χ1v) is 7.88. The molecule has 2 aromatic rings. The minimum Gasteiger partial charge on any atom is -0.497 e. The van der Waals surface area contributed by atoms with Crippen LogP contribution in [0.4, 0.5) is 11.4 Å². The van der Waals surface area contributed by atoms with Crippen molar-refractivity contribution in [1.29, 1.82) is 0 Å². The SMILES string of the molecule is COc1cccc(N2N=NC3C(=O)N(c4ccc(C)cc4)C(=O)C32)c1. The van der Waals surface area contributed by atoms with Crippen LogP contribution in [0, 0.1) is 6.92 Å². The molecule has 1 fully saturated rings. The molecule has 2 amide bonds. The zero-order valence-electron chi connectivity index (χ0n) is 13.8. The summed E-state index contributed by atoms with van der Waals surface area (Å²) < 4.78 is 5.21. The number of rotatable bonds is 3. The Kier molecular flexibility index (Phi) is 3.49. The number of ether oxygens (including phenoxy) is 1. The van der Waals surface area contributed by atoms with E-state index in [9.17, 15) is 9.59 Å². The third-order valence-electron chi connectivity index (χ3n) is 4.39. The highest BCUT2D eigenvalue weighted by molar-refractivity contribution is 6.26.